The molecule has 2 amide bonds. The zero-order valence-electron chi connectivity index (χ0n) is 26.3. The summed E-state index contributed by atoms with van der Waals surface area (Å²) in [5.41, 5.74) is -0.140. The Morgan fingerprint density at radius 1 is 1.07 bits per heavy atom. The van der Waals surface area contributed by atoms with E-state index in [1.54, 1.807) is 26.8 Å². The first kappa shape index (κ1) is 34.4. The van der Waals surface area contributed by atoms with Crippen molar-refractivity contribution in [3.63, 3.8) is 0 Å². The summed E-state index contributed by atoms with van der Waals surface area (Å²) in [5, 5.41) is 26.7. The highest BCUT2D eigenvalue weighted by Crippen LogP contribution is 2.31. The van der Waals surface area contributed by atoms with Crippen LogP contribution in [0.25, 0.3) is 0 Å². The monoisotopic (exact) mass is 635 g/mol. The van der Waals surface area contributed by atoms with Crippen molar-refractivity contribution in [1.29, 1.82) is 0 Å². The SMILES string of the molecule is CC1COC(OC2CCCC(OC3OC(CNC(=O)OCc4ccc([N+](=O)[O-])cc4)=CCC3NC(=O)OC(C)(C)C)C2)C(O)C1. The lowest BCUT2D eigenvalue weighted by Crippen LogP contribution is -2.51. The number of nitrogens with one attached hydrogen (secondary N) is 2. The third-order valence-electron chi connectivity index (χ3n) is 7.56. The Morgan fingerprint density at radius 3 is 2.40 bits per heavy atom. The number of amides is 2. The predicted octanol–water partition coefficient (Wildman–Crippen LogP) is 4.43. The van der Waals surface area contributed by atoms with Crippen LogP contribution in [0.15, 0.2) is 36.1 Å². The molecule has 0 radical (unpaired) electrons. The van der Waals surface area contributed by atoms with Gasteiger partial charge in [0, 0.05) is 18.6 Å². The first-order valence-corrected chi connectivity index (χ1v) is 15.4. The molecule has 1 aromatic rings. The van der Waals surface area contributed by atoms with Gasteiger partial charge in [0.05, 0.1) is 36.3 Å². The molecule has 3 N–H and O–H groups in total. The molecule has 45 heavy (non-hydrogen) atoms. The van der Waals surface area contributed by atoms with Crippen molar-refractivity contribution in [2.45, 2.75) is 115 Å². The van der Waals surface area contributed by atoms with Gasteiger partial charge >= 0.3 is 12.2 Å². The van der Waals surface area contributed by atoms with Crippen LogP contribution < -0.4 is 10.6 Å². The summed E-state index contributed by atoms with van der Waals surface area (Å²) in [6, 6.07) is 5.16. The number of rotatable bonds is 10. The number of nitrogens with zero attached hydrogens (tertiary/aromatic N) is 1. The van der Waals surface area contributed by atoms with Gasteiger partial charge in [0.15, 0.2) is 6.29 Å². The number of aliphatic hydroxyl groups is 1. The van der Waals surface area contributed by atoms with E-state index in [2.05, 4.69) is 10.6 Å². The quantitative estimate of drug-likeness (QED) is 0.245. The highest BCUT2D eigenvalue weighted by Gasteiger charge is 2.37. The van der Waals surface area contributed by atoms with E-state index in [1.807, 2.05) is 6.92 Å². The molecule has 1 aromatic carbocycles. The van der Waals surface area contributed by atoms with Crippen LogP contribution in [-0.4, -0.2) is 77.9 Å². The van der Waals surface area contributed by atoms with Gasteiger partial charge in [-0.05, 0) is 82.6 Å². The fourth-order valence-electron chi connectivity index (χ4n) is 5.36. The van der Waals surface area contributed by atoms with Gasteiger partial charge in [-0.15, -0.1) is 0 Å². The third kappa shape index (κ3) is 11.1. The van der Waals surface area contributed by atoms with Crippen molar-refractivity contribution < 1.29 is 48.0 Å². The van der Waals surface area contributed by atoms with Crippen molar-refractivity contribution in [3.8, 4) is 0 Å². The summed E-state index contributed by atoms with van der Waals surface area (Å²) < 4.78 is 35.1. The summed E-state index contributed by atoms with van der Waals surface area (Å²) >= 11 is 0. The van der Waals surface area contributed by atoms with E-state index in [0.717, 1.165) is 19.3 Å². The highest BCUT2D eigenvalue weighted by atomic mass is 16.7. The van der Waals surface area contributed by atoms with E-state index in [0.29, 0.717) is 37.2 Å². The maximum atomic E-state index is 12.6. The molecule has 0 bridgehead atoms. The molecule has 2 fully saturated rings. The van der Waals surface area contributed by atoms with E-state index >= 15 is 0 Å². The van der Waals surface area contributed by atoms with Crippen LogP contribution in [0.3, 0.4) is 0 Å². The van der Waals surface area contributed by atoms with Crippen LogP contribution in [0, 0.1) is 16.0 Å². The summed E-state index contributed by atoms with van der Waals surface area (Å²) in [7, 11) is 0. The van der Waals surface area contributed by atoms with Gasteiger partial charge in [-0.3, -0.25) is 10.1 Å². The second-order valence-corrected chi connectivity index (χ2v) is 12.8. The number of nitro groups is 1. The molecular weight excluding hydrogens is 590 g/mol. The Hall–Kier alpha value is -3.46. The summed E-state index contributed by atoms with van der Waals surface area (Å²) in [5.74, 6) is 0.708. The normalized spacial score (nSPS) is 28.6. The Kier molecular flexibility index (Phi) is 12.0. The average molecular weight is 636 g/mol. The number of aliphatic hydroxyl groups excluding tert-OH is 1. The van der Waals surface area contributed by atoms with Crippen LogP contribution in [-0.2, 0) is 35.0 Å². The van der Waals surface area contributed by atoms with E-state index in [1.165, 1.54) is 24.3 Å². The molecule has 2 heterocycles. The molecule has 2 aliphatic heterocycles. The molecule has 7 atom stereocenters. The van der Waals surface area contributed by atoms with Crippen LogP contribution in [0.2, 0.25) is 0 Å². The lowest BCUT2D eigenvalue weighted by molar-refractivity contribution is -0.384. The molecule has 3 aliphatic rings. The average Bonchev–Trinajstić information content (AvgIpc) is 2.97. The van der Waals surface area contributed by atoms with Gasteiger partial charge < -0.3 is 44.2 Å². The van der Waals surface area contributed by atoms with Crippen LogP contribution in [0.5, 0.6) is 0 Å². The number of hydrogen-bond acceptors (Lipinski definition) is 11. The van der Waals surface area contributed by atoms with E-state index in [9.17, 15) is 24.8 Å². The Labute approximate surface area is 262 Å². The van der Waals surface area contributed by atoms with Gasteiger partial charge in [-0.25, -0.2) is 9.59 Å². The number of carbonyl (C=O) groups excluding carboxylic acids is 2. The zero-order chi connectivity index (χ0) is 32.6. The zero-order valence-corrected chi connectivity index (χ0v) is 26.3. The number of hydrogen-bond donors (Lipinski definition) is 3. The van der Waals surface area contributed by atoms with Gasteiger partial charge in [0.1, 0.15) is 24.1 Å². The van der Waals surface area contributed by atoms with Crippen LogP contribution >= 0.6 is 0 Å². The van der Waals surface area contributed by atoms with Gasteiger partial charge in [-0.1, -0.05) is 6.92 Å². The largest absolute Gasteiger partial charge is 0.465 e. The lowest BCUT2D eigenvalue weighted by Gasteiger charge is -2.39. The Balaban J connectivity index is 1.32. The fourth-order valence-corrected chi connectivity index (χ4v) is 5.36. The second kappa shape index (κ2) is 15.7. The minimum atomic E-state index is -0.864. The topological polar surface area (TPSA) is 177 Å². The first-order chi connectivity index (χ1) is 21.3. The third-order valence-corrected chi connectivity index (χ3v) is 7.56. The molecule has 250 valence electrons. The highest BCUT2D eigenvalue weighted by molar-refractivity contribution is 5.68. The number of ether oxygens (including phenoxy) is 6. The molecule has 0 spiro atoms. The van der Waals surface area contributed by atoms with Crippen molar-refractivity contribution in [3.05, 3.63) is 51.8 Å². The van der Waals surface area contributed by atoms with Gasteiger partial charge in [0.25, 0.3) is 5.69 Å². The van der Waals surface area contributed by atoms with Crippen molar-refractivity contribution >= 4 is 17.9 Å². The molecular formula is C31H45N3O11. The smallest absolute Gasteiger partial charge is 0.408 e. The van der Waals surface area contributed by atoms with Crippen molar-refractivity contribution in [2.24, 2.45) is 5.92 Å². The molecule has 1 saturated heterocycles. The molecule has 1 aliphatic carbocycles. The maximum absolute atomic E-state index is 12.6. The number of nitro benzene ring substituents is 1. The predicted molar refractivity (Wildman–Crippen MR) is 160 cm³/mol. The summed E-state index contributed by atoms with van der Waals surface area (Å²) in [6.45, 7) is 7.84. The molecule has 14 nitrogen and oxygen atoms in total. The Bertz CT molecular complexity index is 1190. The number of non-ortho nitro benzene ring substituents is 1. The first-order valence-electron chi connectivity index (χ1n) is 15.4. The lowest BCUT2D eigenvalue weighted by atomic mass is 9.94. The molecule has 7 unspecified atom stereocenters. The van der Waals surface area contributed by atoms with Gasteiger partial charge in [-0.2, -0.15) is 0 Å². The van der Waals surface area contributed by atoms with Crippen molar-refractivity contribution in [2.75, 3.05) is 13.2 Å². The number of benzene rings is 1. The molecule has 14 heteroatoms. The number of alkyl carbamates (subject to hydrolysis) is 2. The number of carbonyl (C=O) groups is 2. The Morgan fingerprint density at radius 2 is 1.76 bits per heavy atom. The summed E-state index contributed by atoms with van der Waals surface area (Å²) in [6.07, 6.45) is 1.81. The standard InChI is InChI=1S/C31H45N3O11/c1-19-14-26(35)28(40-17-19)43-23-7-5-6-22(15-23)42-27-25(33-30(37)45-31(2,3)4)13-12-24(44-27)16-32-29(36)41-18-20-8-10-21(11-9-20)34(38)39/h8-12,19,22-23,25-28,35H,5-7,13-18H2,1-4H3,(H,32,36)(H,33,37). The van der Waals surface area contributed by atoms with E-state index < -0.39 is 47.4 Å². The van der Waals surface area contributed by atoms with Crippen LogP contribution in [0.4, 0.5) is 15.3 Å². The summed E-state index contributed by atoms with van der Waals surface area (Å²) in [4.78, 5) is 35.3. The van der Waals surface area contributed by atoms with Crippen LogP contribution in [0.1, 0.15) is 71.8 Å². The second-order valence-electron chi connectivity index (χ2n) is 12.8. The van der Waals surface area contributed by atoms with E-state index in [4.69, 9.17) is 28.4 Å². The minimum Gasteiger partial charge on any atom is -0.465 e. The minimum absolute atomic E-state index is 0.0177. The van der Waals surface area contributed by atoms with Crippen molar-refractivity contribution in [1.82, 2.24) is 10.6 Å². The molecule has 1 saturated carbocycles. The fraction of sp³-hybridized carbons (Fsp3) is 0.677. The molecule has 4 rings (SSSR count). The maximum Gasteiger partial charge on any atom is 0.408 e. The molecule has 0 aromatic heterocycles. The van der Waals surface area contributed by atoms with E-state index in [-0.39, 0.29) is 37.0 Å². The van der Waals surface area contributed by atoms with Gasteiger partial charge in [0.2, 0.25) is 6.29 Å².